The van der Waals surface area contributed by atoms with Crippen molar-refractivity contribution in [2.75, 3.05) is 0 Å². The van der Waals surface area contributed by atoms with Gasteiger partial charge in [-0.15, -0.1) is 0 Å². The topological polar surface area (TPSA) is 57.3 Å². The predicted molar refractivity (Wildman–Crippen MR) is 19.7 cm³/mol. The van der Waals surface area contributed by atoms with E-state index in [4.69, 9.17) is 0 Å². The Morgan fingerprint density at radius 2 is 1.88 bits per heavy atom. The maximum absolute atomic E-state index is 11.5. The molecule has 0 unspecified atom stereocenters. The van der Waals surface area contributed by atoms with E-state index in [0.29, 0.717) is 0 Å². The smallest absolute Gasteiger partial charge is 0.272 e. The van der Waals surface area contributed by atoms with Crippen LogP contribution in [0, 0.1) is 0 Å². The fourth-order valence-electron chi connectivity index (χ4n) is 0.129. The van der Waals surface area contributed by atoms with Crippen molar-refractivity contribution in [2.24, 2.45) is 0 Å². The van der Waals surface area contributed by atoms with Crippen molar-refractivity contribution in [3.63, 3.8) is 0 Å². The average molecular weight is 120 g/mol. The van der Waals surface area contributed by atoms with Gasteiger partial charge in [0.1, 0.15) is 0 Å². The molecule has 4 nitrogen and oxygen atoms in total. The van der Waals surface area contributed by atoms with Gasteiger partial charge in [-0.2, -0.15) is 0 Å². The highest BCUT2D eigenvalue weighted by Crippen LogP contribution is 1.89. The number of hydrogen-bond acceptors (Lipinski definition) is 2. The molecule has 0 aliphatic carbocycles. The number of nitrogens with zero attached hydrogens (tertiary/aromatic N) is 1. The molecule has 45 valence electrons. The molecule has 0 fully saturated rings. The maximum atomic E-state index is 11.5. The highest BCUT2D eigenvalue weighted by molar-refractivity contribution is 5.87. The molecule has 0 aromatic rings. The van der Waals surface area contributed by atoms with Crippen molar-refractivity contribution in [3.8, 4) is 0 Å². The normalized spacial score (nSPS) is 8.25. The molecular weight excluding hydrogens is 117 g/mol. The highest BCUT2D eigenvalue weighted by Gasteiger charge is 2.16. The minimum atomic E-state index is -2.14. The predicted octanol–water partition coefficient (Wildman–Crippen LogP) is 0.270. The van der Waals surface area contributed by atoms with E-state index in [0.717, 1.165) is 6.92 Å². The van der Waals surface area contributed by atoms with E-state index in [2.05, 4.69) is 0 Å². The Bertz CT molecular complexity index is 110. The molecule has 2 amide bonds. The summed E-state index contributed by atoms with van der Waals surface area (Å²) in [6, 6.07) is 0. The molecule has 8 heavy (non-hydrogen) atoms. The van der Waals surface area contributed by atoms with Crippen LogP contribution in [-0.2, 0) is 9.90 Å². The van der Waals surface area contributed by atoms with Gasteiger partial charge in [-0.05, 0) is 0 Å². The number of halogens is 1. The van der Waals surface area contributed by atoms with Gasteiger partial charge in [0.15, 0.2) is 0 Å². The van der Waals surface area contributed by atoms with Crippen LogP contribution < -0.4 is 0 Å². The van der Waals surface area contributed by atoms with Crippen molar-refractivity contribution in [1.29, 1.82) is 0 Å². The van der Waals surface area contributed by atoms with Crippen molar-refractivity contribution in [1.82, 2.24) is 5.12 Å². The molecule has 0 aliphatic rings. The minimum absolute atomic E-state index is 0.774. The monoisotopic (exact) mass is 120 g/mol. The fourth-order valence-corrected chi connectivity index (χ4v) is 0.129. The van der Waals surface area contributed by atoms with Crippen LogP contribution in [0.1, 0.15) is 6.92 Å². The Labute approximate surface area is 44.4 Å². The van der Waals surface area contributed by atoms with Gasteiger partial charge in [0.05, 0.1) is 0 Å². The zero-order valence-corrected chi connectivity index (χ0v) is 4.05. The summed E-state index contributed by atoms with van der Waals surface area (Å²) < 4.78 is 11.5. The number of imide groups is 1. The summed E-state index contributed by atoms with van der Waals surface area (Å²) >= 11 is 0. The summed E-state index contributed by atoms with van der Waals surface area (Å²) in [6.07, 6.45) is -2.14. The Hall–Kier alpha value is -1.13. The molecule has 0 aliphatic heterocycles. The van der Waals surface area contributed by atoms with E-state index >= 15 is 0 Å². The van der Waals surface area contributed by atoms with Gasteiger partial charge in [-0.25, -0.2) is 9.90 Å². The number of amides is 2. The Balaban J connectivity index is 3.83. The molecule has 0 bridgehead atoms. The van der Waals surface area contributed by atoms with Gasteiger partial charge in [0, 0.05) is 6.92 Å². The van der Waals surface area contributed by atoms with Crippen LogP contribution in [0.2, 0.25) is 0 Å². The van der Waals surface area contributed by atoms with E-state index in [1.807, 2.05) is 0 Å². The standard InChI is InChI=1S/C3H3FNO3/c1-2(6)5(4)3(7)8/h1H3. The molecule has 5 heteroatoms. The van der Waals surface area contributed by atoms with Crippen LogP contribution in [0.15, 0.2) is 0 Å². The van der Waals surface area contributed by atoms with Gasteiger partial charge in [0.2, 0.25) is 0 Å². The average Bonchev–Trinajstić information content (AvgIpc) is 1.64. The summed E-state index contributed by atoms with van der Waals surface area (Å²) in [5.74, 6) is -1.20. The summed E-state index contributed by atoms with van der Waals surface area (Å²) in [4.78, 5) is 19.1. The van der Waals surface area contributed by atoms with E-state index in [1.54, 1.807) is 0 Å². The first-order chi connectivity index (χ1) is 3.55. The first-order valence-corrected chi connectivity index (χ1v) is 1.73. The van der Waals surface area contributed by atoms with Gasteiger partial charge in [-0.3, -0.25) is 4.79 Å². The Kier molecular flexibility index (Phi) is 1.93. The summed E-state index contributed by atoms with van der Waals surface area (Å²) in [6.45, 7) is 0.774. The Morgan fingerprint density at radius 1 is 1.50 bits per heavy atom. The second kappa shape index (κ2) is 2.25. The van der Waals surface area contributed by atoms with E-state index in [9.17, 15) is 19.2 Å². The molecular formula is C3H3FNO3. The molecule has 0 atom stereocenters. The fraction of sp³-hybridized carbons (Fsp3) is 0.333. The zero-order valence-electron chi connectivity index (χ0n) is 4.05. The van der Waals surface area contributed by atoms with Crippen LogP contribution in [0.4, 0.5) is 9.28 Å². The molecule has 0 heterocycles. The van der Waals surface area contributed by atoms with Crippen molar-refractivity contribution >= 4 is 12.0 Å². The van der Waals surface area contributed by atoms with Gasteiger partial charge >= 0.3 is 6.09 Å². The SMILES string of the molecule is CC(=O)N(F)C([O])=O. The molecule has 0 aromatic heterocycles. The van der Waals surface area contributed by atoms with Gasteiger partial charge in [0.25, 0.3) is 5.91 Å². The van der Waals surface area contributed by atoms with E-state index < -0.39 is 17.1 Å². The number of rotatable bonds is 0. The second-order valence-electron chi connectivity index (χ2n) is 1.07. The van der Waals surface area contributed by atoms with E-state index in [1.165, 1.54) is 0 Å². The summed E-state index contributed by atoms with van der Waals surface area (Å²) in [5, 5.41) is 8.36. The lowest BCUT2D eigenvalue weighted by Gasteiger charge is -1.95. The largest absolute Gasteiger partial charge is 0.487 e. The number of carbonyl (C=O) groups excluding carboxylic acids is 2. The molecule has 0 saturated carbocycles. The second-order valence-corrected chi connectivity index (χ2v) is 1.07. The summed E-state index contributed by atoms with van der Waals surface area (Å²) in [5.41, 5.74) is 0. The van der Waals surface area contributed by atoms with Crippen molar-refractivity contribution in [2.45, 2.75) is 6.92 Å². The molecule has 1 radical (unpaired) electrons. The molecule has 0 N–H and O–H groups in total. The first-order valence-electron chi connectivity index (χ1n) is 1.73. The third kappa shape index (κ3) is 1.55. The van der Waals surface area contributed by atoms with Crippen LogP contribution in [-0.4, -0.2) is 17.1 Å². The number of carbonyl (C=O) groups is 2. The first kappa shape index (κ1) is 6.87. The van der Waals surface area contributed by atoms with Crippen molar-refractivity contribution < 1.29 is 19.2 Å². The Morgan fingerprint density at radius 3 is 1.88 bits per heavy atom. The lowest BCUT2D eigenvalue weighted by Crippen LogP contribution is -2.23. The highest BCUT2D eigenvalue weighted by atomic mass is 19.2. The minimum Gasteiger partial charge on any atom is -0.272 e. The van der Waals surface area contributed by atoms with Gasteiger partial charge < -0.3 is 0 Å². The van der Waals surface area contributed by atoms with E-state index in [-0.39, 0.29) is 0 Å². The van der Waals surface area contributed by atoms with Gasteiger partial charge in [-0.1, -0.05) is 9.60 Å². The van der Waals surface area contributed by atoms with Crippen LogP contribution >= 0.6 is 0 Å². The molecule has 0 rings (SSSR count). The van der Waals surface area contributed by atoms with Crippen molar-refractivity contribution in [3.05, 3.63) is 0 Å². The summed E-state index contributed by atoms with van der Waals surface area (Å²) in [7, 11) is 0. The lowest BCUT2D eigenvalue weighted by molar-refractivity contribution is -0.139. The maximum Gasteiger partial charge on any atom is 0.487 e. The van der Waals surface area contributed by atoms with Crippen LogP contribution in [0.3, 0.4) is 0 Å². The van der Waals surface area contributed by atoms with Crippen LogP contribution in [0.5, 0.6) is 0 Å². The number of hydrogen-bond donors (Lipinski definition) is 0. The third-order valence-corrected chi connectivity index (χ3v) is 0.437. The quantitative estimate of drug-likeness (QED) is 0.431. The zero-order chi connectivity index (χ0) is 6.73. The third-order valence-electron chi connectivity index (χ3n) is 0.437. The van der Waals surface area contributed by atoms with Crippen LogP contribution in [0.25, 0.3) is 0 Å². The molecule has 0 aromatic carbocycles. The lowest BCUT2D eigenvalue weighted by atomic mass is 10.7. The molecule has 0 spiro atoms. The molecule has 0 saturated heterocycles.